The monoisotopic (exact) mass is 380 g/mol. The molecule has 138 valence electrons. The Morgan fingerprint density at radius 1 is 0.500 bits per heavy atom. The van der Waals surface area contributed by atoms with E-state index in [1.807, 2.05) is 0 Å². The molecule has 0 radical (unpaired) electrons. The first-order valence-electron chi connectivity index (χ1n) is 5.47. The molecule has 1 rings (SSSR count). The van der Waals surface area contributed by atoms with E-state index < -0.39 is 65.2 Å². The lowest BCUT2D eigenvalue weighted by Gasteiger charge is -2.33. The molecular formula is C11H4F12O. The lowest BCUT2D eigenvalue weighted by molar-refractivity contribution is -0.376. The van der Waals surface area contributed by atoms with E-state index in [2.05, 4.69) is 0 Å². The molecule has 0 fully saturated rings. The molecule has 0 heterocycles. The summed E-state index contributed by atoms with van der Waals surface area (Å²) in [4.78, 5) is 0. The van der Waals surface area contributed by atoms with E-state index in [1.54, 1.807) is 0 Å². The maximum Gasteiger partial charge on any atom is 0.430 e. The molecule has 0 aliphatic rings. The highest BCUT2D eigenvalue weighted by Gasteiger charge is 2.71. The molecule has 0 aliphatic carbocycles. The van der Waals surface area contributed by atoms with Gasteiger partial charge in [0.25, 0.3) is 5.60 Å². The summed E-state index contributed by atoms with van der Waals surface area (Å²) in [6, 6.07) is -2.34. The van der Waals surface area contributed by atoms with Gasteiger partial charge in [0.1, 0.15) is 0 Å². The van der Waals surface area contributed by atoms with Crippen molar-refractivity contribution in [2.75, 3.05) is 0 Å². The predicted molar refractivity (Wildman–Crippen MR) is 52.5 cm³/mol. The first-order chi connectivity index (χ1) is 10.3. The molecule has 1 aromatic rings. The molecule has 0 bridgehead atoms. The maximum absolute atomic E-state index is 12.6. The summed E-state index contributed by atoms with van der Waals surface area (Å²) in [7, 11) is 0. The third kappa shape index (κ3) is 3.54. The van der Waals surface area contributed by atoms with Crippen molar-refractivity contribution in [3.63, 3.8) is 0 Å². The average Bonchev–Trinajstić information content (AvgIpc) is 2.32. The van der Waals surface area contributed by atoms with E-state index in [0.717, 1.165) is 0 Å². The molecule has 0 aromatic heterocycles. The third-order valence-corrected chi connectivity index (χ3v) is 2.83. The molecule has 1 nitrogen and oxygen atoms in total. The van der Waals surface area contributed by atoms with Crippen LogP contribution in [0.25, 0.3) is 0 Å². The average molecular weight is 380 g/mol. The largest absolute Gasteiger partial charge is 0.430 e. The van der Waals surface area contributed by atoms with E-state index >= 15 is 0 Å². The SMILES string of the molecule is OC(c1cc(C(F)(F)F)cc(C(F)(F)F)c1)(C(F)(F)F)C(F)(F)F. The number of benzene rings is 1. The summed E-state index contributed by atoms with van der Waals surface area (Å²) >= 11 is 0. The molecule has 0 spiro atoms. The van der Waals surface area contributed by atoms with Gasteiger partial charge in [0.15, 0.2) is 0 Å². The van der Waals surface area contributed by atoms with Crippen molar-refractivity contribution >= 4 is 0 Å². The van der Waals surface area contributed by atoms with E-state index in [1.165, 1.54) is 0 Å². The van der Waals surface area contributed by atoms with E-state index in [9.17, 15) is 52.7 Å². The van der Waals surface area contributed by atoms with Gasteiger partial charge in [0.05, 0.1) is 11.1 Å². The third-order valence-electron chi connectivity index (χ3n) is 2.83. The van der Waals surface area contributed by atoms with Crippen LogP contribution in [0.3, 0.4) is 0 Å². The smallest absolute Gasteiger partial charge is 0.369 e. The van der Waals surface area contributed by atoms with Crippen LogP contribution < -0.4 is 0 Å². The van der Waals surface area contributed by atoms with Gasteiger partial charge in [-0.25, -0.2) is 0 Å². The minimum atomic E-state index is -6.63. The number of aliphatic hydroxyl groups is 1. The summed E-state index contributed by atoms with van der Waals surface area (Å²) in [6.45, 7) is 0. The predicted octanol–water partition coefficient (Wildman–Crippen LogP) is 5.04. The zero-order chi connectivity index (χ0) is 19.4. The first-order valence-corrected chi connectivity index (χ1v) is 5.47. The first kappa shape index (κ1) is 20.4. The topological polar surface area (TPSA) is 20.2 Å². The maximum atomic E-state index is 12.6. The Bertz CT molecular complexity index is 557. The highest BCUT2D eigenvalue weighted by Crippen LogP contribution is 2.51. The number of hydrogen-bond acceptors (Lipinski definition) is 1. The summed E-state index contributed by atoms with van der Waals surface area (Å²) in [6.07, 6.45) is -24.6. The Morgan fingerprint density at radius 3 is 0.958 bits per heavy atom. The van der Waals surface area contributed by atoms with Crippen LogP contribution in [-0.4, -0.2) is 17.5 Å². The second-order valence-electron chi connectivity index (χ2n) is 4.50. The lowest BCUT2D eigenvalue weighted by atomic mass is 9.89. The van der Waals surface area contributed by atoms with Crippen molar-refractivity contribution in [2.24, 2.45) is 0 Å². The van der Waals surface area contributed by atoms with Crippen molar-refractivity contribution in [2.45, 2.75) is 30.3 Å². The van der Waals surface area contributed by atoms with E-state index in [0.29, 0.717) is 0 Å². The van der Waals surface area contributed by atoms with Crippen molar-refractivity contribution in [1.82, 2.24) is 0 Å². The van der Waals surface area contributed by atoms with Gasteiger partial charge in [0, 0.05) is 5.56 Å². The molecule has 1 N–H and O–H groups in total. The minimum absolute atomic E-state index is 0.670. The second kappa shape index (κ2) is 5.43. The van der Waals surface area contributed by atoms with Gasteiger partial charge in [-0.1, -0.05) is 0 Å². The van der Waals surface area contributed by atoms with Gasteiger partial charge in [-0.3, -0.25) is 0 Å². The van der Waals surface area contributed by atoms with E-state index in [-0.39, 0.29) is 0 Å². The van der Waals surface area contributed by atoms with Gasteiger partial charge in [-0.15, -0.1) is 0 Å². The Kier molecular flexibility index (Phi) is 4.61. The molecule has 0 atom stereocenters. The highest BCUT2D eigenvalue weighted by molar-refractivity contribution is 5.38. The van der Waals surface area contributed by atoms with Gasteiger partial charge in [-0.2, -0.15) is 52.7 Å². The van der Waals surface area contributed by atoms with Crippen molar-refractivity contribution in [3.05, 3.63) is 34.9 Å². The molecule has 13 heteroatoms. The van der Waals surface area contributed by atoms with Crippen LogP contribution in [0.1, 0.15) is 16.7 Å². The second-order valence-corrected chi connectivity index (χ2v) is 4.50. The summed E-state index contributed by atoms with van der Waals surface area (Å²) in [5, 5.41) is 8.95. The highest BCUT2D eigenvalue weighted by atomic mass is 19.4. The molecule has 0 aliphatic heterocycles. The molecule has 0 saturated heterocycles. The number of halogens is 12. The van der Waals surface area contributed by atoms with Crippen LogP contribution in [0, 0.1) is 0 Å². The van der Waals surface area contributed by atoms with Gasteiger partial charge in [0.2, 0.25) is 0 Å². The van der Waals surface area contributed by atoms with Crippen LogP contribution >= 0.6 is 0 Å². The van der Waals surface area contributed by atoms with Crippen molar-refractivity contribution in [3.8, 4) is 0 Å². The Hall–Kier alpha value is -1.66. The fourth-order valence-corrected chi connectivity index (χ4v) is 1.65. The molecular weight excluding hydrogens is 376 g/mol. The number of rotatable bonds is 1. The Labute approximate surface area is 124 Å². The quantitative estimate of drug-likeness (QED) is 0.678. The van der Waals surface area contributed by atoms with Crippen molar-refractivity contribution < 1.29 is 57.8 Å². The van der Waals surface area contributed by atoms with Crippen LogP contribution in [-0.2, 0) is 18.0 Å². The van der Waals surface area contributed by atoms with E-state index in [4.69, 9.17) is 5.11 Å². The minimum Gasteiger partial charge on any atom is -0.369 e. The van der Waals surface area contributed by atoms with Gasteiger partial charge in [-0.05, 0) is 18.2 Å². The van der Waals surface area contributed by atoms with Crippen LogP contribution in [0.4, 0.5) is 52.7 Å². The standard InChI is InChI=1S/C11H4F12O/c12-8(13,14)5-1-4(2-6(3-5)9(15,16)17)7(24,10(18,19)20)11(21,22)23/h1-3,24H. The normalized spacial score (nSPS) is 14.9. The zero-order valence-electron chi connectivity index (χ0n) is 10.7. The molecule has 0 amide bonds. The zero-order valence-corrected chi connectivity index (χ0v) is 10.7. The molecule has 0 saturated carbocycles. The fourth-order valence-electron chi connectivity index (χ4n) is 1.65. The Balaban J connectivity index is 3.86. The van der Waals surface area contributed by atoms with Gasteiger partial charge >= 0.3 is 24.7 Å². The van der Waals surface area contributed by atoms with Crippen LogP contribution in [0.2, 0.25) is 0 Å². The van der Waals surface area contributed by atoms with Crippen LogP contribution in [0.5, 0.6) is 0 Å². The summed E-state index contributed by atoms with van der Waals surface area (Å²) in [5.41, 5.74) is -13.4. The summed E-state index contributed by atoms with van der Waals surface area (Å²) in [5.74, 6) is 0. The molecule has 24 heavy (non-hydrogen) atoms. The number of hydrogen-bond donors (Lipinski definition) is 1. The van der Waals surface area contributed by atoms with Gasteiger partial charge < -0.3 is 5.11 Å². The number of alkyl halides is 12. The fraction of sp³-hybridized carbons (Fsp3) is 0.455. The van der Waals surface area contributed by atoms with Crippen LogP contribution in [0.15, 0.2) is 18.2 Å². The molecule has 0 unspecified atom stereocenters. The molecule has 1 aromatic carbocycles. The lowest BCUT2D eigenvalue weighted by Crippen LogP contribution is -2.54. The summed E-state index contributed by atoms with van der Waals surface area (Å²) < 4.78 is 151. The Morgan fingerprint density at radius 2 is 0.750 bits per heavy atom. The van der Waals surface area contributed by atoms with Crippen molar-refractivity contribution in [1.29, 1.82) is 0 Å².